The maximum Gasteiger partial charge on any atom is 0.0771 e. The smallest absolute Gasteiger partial charge is 0.0771 e. The van der Waals surface area contributed by atoms with Gasteiger partial charge in [0.05, 0.1) is 11.7 Å². The Balaban J connectivity index is 2.29. The van der Waals surface area contributed by atoms with Crippen molar-refractivity contribution in [2.24, 2.45) is 5.41 Å². The molecule has 3 heteroatoms. The number of nitrogens with zero attached hydrogens (tertiary/aromatic N) is 1. The third kappa shape index (κ3) is 5.84. The first-order chi connectivity index (χ1) is 8.47. The Bertz CT molecular complexity index is 273. The topological polar surface area (TPSA) is 56.0 Å². The highest BCUT2D eigenvalue weighted by Gasteiger charge is 2.28. The summed E-state index contributed by atoms with van der Waals surface area (Å²) >= 11 is 0. The minimum absolute atomic E-state index is 0.136. The summed E-state index contributed by atoms with van der Waals surface area (Å²) in [6.45, 7) is 5.92. The summed E-state index contributed by atoms with van der Waals surface area (Å²) in [4.78, 5) is 0. The van der Waals surface area contributed by atoms with Crippen LogP contribution in [0.15, 0.2) is 0 Å². The molecule has 104 valence electrons. The van der Waals surface area contributed by atoms with Gasteiger partial charge in [-0.2, -0.15) is 5.26 Å². The van der Waals surface area contributed by atoms with Gasteiger partial charge in [-0.1, -0.05) is 39.5 Å². The highest BCUT2D eigenvalue weighted by Crippen LogP contribution is 2.27. The summed E-state index contributed by atoms with van der Waals surface area (Å²) in [6.07, 6.45) is 8.20. The van der Waals surface area contributed by atoms with Crippen LogP contribution in [0.2, 0.25) is 0 Å². The summed E-state index contributed by atoms with van der Waals surface area (Å²) in [7, 11) is 0. The average Bonchev–Trinajstić information content (AvgIpc) is 2.51. The zero-order valence-corrected chi connectivity index (χ0v) is 12.0. The van der Waals surface area contributed by atoms with E-state index in [1.165, 1.54) is 12.8 Å². The van der Waals surface area contributed by atoms with Gasteiger partial charge in [0.1, 0.15) is 0 Å². The van der Waals surface area contributed by atoms with Crippen LogP contribution in [0, 0.1) is 16.7 Å². The zero-order valence-electron chi connectivity index (χ0n) is 12.0. The molecule has 1 rings (SSSR count). The first-order valence-corrected chi connectivity index (χ1v) is 7.28. The van der Waals surface area contributed by atoms with Crippen molar-refractivity contribution in [3.05, 3.63) is 0 Å². The largest absolute Gasteiger partial charge is 0.389 e. The molecule has 0 aliphatic heterocycles. The van der Waals surface area contributed by atoms with Gasteiger partial charge in [0.2, 0.25) is 0 Å². The molecule has 18 heavy (non-hydrogen) atoms. The van der Waals surface area contributed by atoms with Crippen LogP contribution in [0.1, 0.15) is 65.2 Å². The van der Waals surface area contributed by atoms with Crippen LogP contribution in [-0.2, 0) is 0 Å². The molecule has 0 spiro atoms. The summed E-state index contributed by atoms with van der Waals surface area (Å²) in [6, 6.07) is 2.20. The lowest BCUT2D eigenvalue weighted by Crippen LogP contribution is -2.43. The molecular weight excluding hydrogens is 224 g/mol. The SMILES string of the molecule is CC(C)(CCC#N)CNCC1(O)CCCCCC1. The predicted molar refractivity (Wildman–Crippen MR) is 74.1 cm³/mol. The normalized spacial score (nSPS) is 20.1. The second kappa shape index (κ2) is 7.11. The van der Waals surface area contributed by atoms with Crippen molar-refractivity contribution in [2.75, 3.05) is 13.1 Å². The number of hydrogen-bond acceptors (Lipinski definition) is 3. The predicted octanol–water partition coefficient (Wildman–Crippen LogP) is 2.99. The van der Waals surface area contributed by atoms with Crippen molar-refractivity contribution in [3.8, 4) is 6.07 Å². The third-order valence-electron chi connectivity index (χ3n) is 4.01. The Morgan fingerprint density at radius 2 is 1.83 bits per heavy atom. The van der Waals surface area contributed by atoms with Gasteiger partial charge in [-0.05, 0) is 24.7 Å². The lowest BCUT2D eigenvalue weighted by atomic mass is 9.87. The van der Waals surface area contributed by atoms with E-state index in [1.54, 1.807) is 0 Å². The van der Waals surface area contributed by atoms with Crippen molar-refractivity contribution in [1.29, 1.82) is 5.26 Å². The fraction of sp³-hybridized carbons (Fsp3) is 0.933. The zero-order chi connectivity index (χ0) is 13.5. The maximum atomic E-state index is 10.5. The van der Waals surface area contributed by atoms with Gasteiger partial charge in [0, 0.05) is 19.5 Å². The van der Waals surface area contributed by atoms with Crippen molar-refractivity contribution < 1.29 is 5.11 Å². The van der Waals surface area contributed by atoms with E-state index in [1.807, 2.05) is 0 Å². The maximum absolute atomic E-state index is 10.5. The molecule has 1 aliphatic rings. The molecule has 0 amide bonds. The minimum atomic E-state index is -0.498. The molecule has 1 aliphatic carbocycles. The Hall–Kier alpha value is -0.590. The van der Waals surface area contributed by atoms with Gasteiger partial charge in [-0.25, -0.2) is 0 Å². The van der Waals surface area contributed by atoms with Crippen LogP contribution in [0.4, 0.5) is 0 Å². The molecule has 0 saturated heterocycles. The van der Waals surface area contributed by atoms with E-state index in [0.29, 0.717) is 13.0 Å². The van der Waals surface area contributed by atoms with E-state index in [4.69, 9.17) is 5.26 Å². The molecule has 2 N–H and O–H groups in total. The molecule has 3 nitrogen and oxygen atoms in total. The Kier molecular flexibility index (Phi) is 6.11. The summed E-state index contributed by atoms with van der Waals surface area (Å²) in [5.41, 5.74) is -0.362. The van der Waals surface area contributed by atoms with Crippen molar-refractivity contribution in [1.82, 2.24) is 5.32 Å². The molecule has 0 aromatic heterocycles. The summed E-state index contributed by atoms with van der Waals surface area (Å²) in [5, 5.41) is 22.5. The molecule has 0 atom stereocenters. The van der Waals surface area contributed by atoms with E-state index < -0.39 is 5.60 Å². The number of nitriles is 1. The third-order valence-corrected chi connectivity index (χ3v) is 4.01. The van der Waals surface area contributed by atoms with Gasteiger partial charge in [-0.15, -0.1) is 0 Å². The summed E-state index contributed by atoms with van der Waals surface area (Å²) in [5.74, 6) is 0. The Morgan fingerprint density at radius 3 is 2.39 bits per heavy atom. The molecule has 1 saturated carbocycles. The van der Waals surface area contributed by atoms with Crippen LogP contribution >= 0.6 is 0 Å². The monoisotopic (exact) mass is 252 g/mol. The molecule has 0 unspecified atom stereocenters. The number of hydrogen-bond donors (Lipinski definition) is 2. The van der Waals surface area contributed by atoms with Gasteiger partial charge < -0.3 is 10.4 Å². The van der Waals surface area contributed by atoms with E-state index >= 15 is 0 Å². The lowest BCUT2D eigenvalue weighted by Gasteiger charge is -2.30. The minimum Gasteiger partial charge on any atom is -0.389 e. The second-order valence-electron chi connectivity index (χ2n) is 6.56. The fourth-order valence-corrected chi connectivity index (χ4v) is 2.68. The highest BCUT2D eigenvalue weighted by atomic mass is 16.3. The van der Waals surface area contributed by atoms with Gasteiger partial charge in [0.25, 0.3) is 0 Å². The van der Waals surface area contributed by atoms with E-state index in [-0.39, 0.29) is 5.41 Å². The molecule has 0 heterocycles. The molecule has 0 bridgehead atoms. The van der Waals surface area contributed by atoms with Crippen LogP contribution < -0.4 is 5.32 Å². The van der Waals surface area contributed by atoms with E-state index in [0.717, 1.165) is 38.6 Å². The second-order valence-corrected chi connectivity index (χ2v) is 6.56. The Labute approximate surface area is 112 Å². The molecular formula is C15H28N2O. The van der Waals surface area contributed by atoms with Gasteiger partial charge in [-0.3, -0.25) is 0 Å². The number of nitrogens with one attached hydrogen (secondary N) is 1. The Morgan fingerprint density at radius 1 is 1.22 bits per heavy atom. The average molecular weight is 252 g/mol. The first kappa shape index (κ1) is 15.5. The van der Waals surface area contributed by atoms with Crippen molar-refractivity contribution >= 4 is 0 Å². The number of rotatable bonds is 6. The number of aliphatic hydroxyl groups is 1. The summed E-state index contributed by atoms with van der Waals surface area (Å²) < 4.78 is 0. The van der Waals surface area contributed by atoms with Crippen molar-refractivity contribution in [3.63, 3.8) is 0 Å². The quantitative estimate of drug-likeness (QED) is 0.714. The lowest BCUT2D eigenvalue weighted by molar-refractivity contribution is 0.0232. The fourth-order valence-electron chi connectivity index (χ4n) is 2.68. The van der Waals surface area contributed by atoms with Crippen LogP contribution in [0.5, 0.6) is 0 Å². The van der Waals surface area contributed by atoms with Gasteiger partial charge in [0.15, 0.2) is 0 Å². The molecule has 0 aromatic rings. The molecule has 0 aromatic carbocycles. The standard InChI is InChI=1S/C15H28N2O/c1-14(2,8-7-11-16)12-17-13-15(18)9-5-3-4-6-10-15/h17-18H,3-10,12-13H2,1-2H3. The van der Waals surface area contributed by atoms with Gasteiger partial charge >= 0.3 is 0 Å². The van der Waals surface area contributed by atoms with Crippen molar-refractivity contribution in [2.45, 2.75) is 70.8 Å². The molecule has 0 radical (unpaired) electrons. The first-order valence-electron chi connectivity index (χ1n) is 7.28. The van der Waals surface area contributed by atoms with E-state index in [9.17, 15) is 5.11 Å². The van der Waals surface area contributed by atoms with Crippen LogP contribution in [0.3, 0.4) is 0 Å². The van der Waals surface area contributed by atoms with Crippen LogP contribution in [-0.4, -0.2) is 23.8 Å². The van der Waals surface area contributed by atoms with Crippen LogP contribution in [0.25, 0.3) is 0 Å². The van der Waals surface area contributed by atoms with E-state index in [2.05, 4.69) is 25.2 Å². The highest BCUT2D eigenvalue weighted by molar-refractivity contribution is 4.85. The molecule has 1 fully saturated rings.